The molecule has 5 nitrogen and oxygen atoms in total. The third-order valence-corrected chi connectivity index (χ3v) is 2.68. The maximum absolute atomic E-state index is 12.0. The predicted molar refractivity (Wildman–Crippen MR) is 65.6 cm³/mol. The molecule has 17 heavy (non-hydrogen) atoms. The normalized spacial score (nSPS) is 10.3. The number of carbonyl (C=O) groups is 1. The highest BCUT2D eigenvalue weighted by atomic mass is 16.3. The van der Waals surface area contributed by atoms with Gasteiger partial charge in [-0.25, -0.2) is 0 Å². The molecule has 1 amide bonds. The maximum Gasteiger partial charge on any atom is 0.227 e. The van der Waals surface area contributed by atoms with Crippen molar-refractivity contribution in [2.75, 3.05) is 19.7 Å². The summed E-state index contributed by atoms with van der Waals surface area (Å²) in [5.74, 6) is -0.0217. The van der Waals surface area contributed by atoms with Gasteiger partial charge in [-0.15, -0.1) is 6.58 Å². The lowest BCUT2D eigenvalue weighted by Gasteiger charge is -2.19. The zero-order valence-electron chi connectivity index (χ0n) is 10.4. The van der Waals surface area contributed by atoms with E-state index < -0.39 is 0 Å². The highest BCUT2D eigenvalue weighted by Gasteiger charge is 2.16. The fraction of sp³-hybridized carbons (Fsp3) is 0.500. The van der Waals surface area contributed by atoms with E-state index in [1.807, 2.05) is 13.8 Å². The molecule has 0 radical (unpaired) electrons. The summed E-state index contributed by atoms with van der Waals surface area (Å²) < 4.78 is 0. The molecule has 1 heterocycles. The Kier molecular flexibility index (Phi) is 4.90. The van der Waals surface area contributed by atoms with E-state index in [-0.39, 0.29) is 12.5 Å². The Bertz CT molecular complexity index is 379. The Balaban J connectivity index is 2.72. The first-order chi connectivity index (χ1) is 8.10. The average molecular weight is 237 g/mol. The molecule has 0 fully saturated rings. The van der Waals surface area contributed by atoms with Crippen molar-refractivity contribution in [2.24, 2.45) is 0 Å². The number of aryl methyl sites for hydroxylation is 2. The van der Waals surface area contributed by atoms with E-state index in [9.17, 15) is 4.79 Å². The number of amides is 1. The van der Waals surface area contributed by atoms with Crippen LogP contribution in [0.15, 0.2) is 12.7 Å². The van der Waals surface area contributed by atoms with E-state index in [2.05, 4.69) is 16.8 Å². The Hall–Kier alpha value is -1.62. The first-order valence-electron chi connectivity index (χ1n) is 5.60. The molecule has 0 aliphatic rings. The van der Waals surface area contributed by atoms with Crippen LogP contribution in [0.1, 0.15) is 17.0 Å². The van der Waals surface area contributed by atoms with Gasteiger partial charge < -0.3 is 10.0 Å². The number of nitrogens with one attached hydrogen (secondary N) is 1. The highest BCUT2D eigenvalue weighted by molar-refractivity contribution is 5.79. The summed E-state index contributed by atoms with van der Waals surface area (Å²) in [7, 11) is 0. The summed E-state index contributed by atoms with van der Waals surface area (Å²) in [6.45, 7) is 8.12. The van der Waals surface area contributed by atoms with Crippen LogP contribution in [0.3, 0.4) is 0 Å². The SMILES string of the molecule is C=CCN(CCO)C(=O)Cc1c(C)n[nH]c1C. The van der Waals surface area contributed by atoms with Crippen molar-refractivity contribution >= 4 is 5.91 Å². The monoisotopic (exact) mass is 237 g/mol. The van der Waals surface area contributed by atoms with E-state index in [0.717, 1.165) is 17.0 Å². The van der Waals surface area contributed by atoms with Gasteiger partial charge in [0.05, 0.1) is 18.7 Å². The fourth-order valence-corrected chi connectivity index (χ4v) is 1.69. The quantitative estimate of drug-likeness (QED) is 0.711. The Morgan fingerprint density at radius 2 is 2.29 bits per heavy atom. The molecule has 0 atom stereocenters. The molecular weight excluding hydrogens is 218 g/mol. The average Bonchev–Trinajstić information content (AvgIpc) is 2.60. The van der Waals surface area contributed by atoms with Crippen LogP contribution >= 0.6 is 0 Å². The first-order valence-corrected chi connectivity index (χ1v) is 5.60. The number of aromatic nitrogens is 2. The molecule has 1 aromatic rings. The zero-order valence-corrected chi connectivity index (χ0v) is 10.4. The van der Waals surface area contributed by atoms with Crippen molar-refractivity contribution in [3.63, 3.8) is 0 Å². The first kappa shape index (κ1) is 13.4. The van der Waals surface area contributed by atoms with Crippen LogP contribution in [-0.4, -0.2) is 45.8 Å². The topological polar surface area (TPSA) is 69.2 Å². The number of aromatic amines is 1. The van der Waals surface area contributed by atoms with Crippen LogP contribution in [0.4, 0.5) is 0 Å². The molecule has 0 aromatic carbocycles. The molecule has 0 unspecified atom stereocenters. The molecule has 5 heteroatoms. The second kappa shape index (κ2) is 6.20. The lowest BCUT2D eigenvalue weighted by molar-refractivity contribution is -0.130. The van der Waals surface area contributed by atoms with Gasteiger partial charge in [-0.3, -0.25) is 9.89 Å². The minimum atomic E-state index is -0.0388. The number of carbonyl (C=O) groups excluding carboxylic acids is 1. The largest absolute Gasteiger partial charge is 0.395 e. The molecule has 0 bridgehead atoms. The molecule has 1 rings (SSSR count). The molecular formula is C12H19N3O2. The minimum Gasteiger partial charge on any atom is -0.395 e. The molecule has 0 spiro atoms. The Morgan fingerprint density at radius 1 is 1.59 bits per heavy atom. The number of aliphatic hydroxyl groups excluding tert-OH is 1. The van der Waals surface area contributed by atoms with Crippen LogP contribution in [0.2, 0.25) is 0 Å². The number of hydrogen-bond donors (Lipinski definition) is 2. The lowest BCUT2D eigenvalue weighted by atomic mass is 10.1. The Morgan fingerprint density at radius 3 is 2.76 bits per heavy atom. The van der Waals surface area contributed by atoms with Crippen LogP contribution in [-0.2, 0) is 11.2 Å². The lowest BCUT2D eigenvalue weighted by Crippen LogP contribution is -2.35. The van der Waals surface area contributed by atoms with Gasteiger partial charge in [0.15, 0.2) is 0 Å². The number of H-pyrrole nitrogens is 1. The second-order valence-electron chi connectivity index (χ2n) is 3.94. The van der Waals surface area contributed by atoms with Crippen LogP contribution in [0.5, 0.6) is 0 Å². The van der Waals surface area contributed by atoms with Gasteiger partial charge in [0.25, 0.3) is 0 Å². The summed E-state index contributed by atoms with van der Waals surface area (Å²) in [5, 5.41) is 15.8. The van der Waals surface area contributed by atoms with Gasteiger partial charge in [-0.2, -0.15) is 5.10 Å². The van der Waals surface area contributed by atoms with E-state index in [0.29, 0.717) is 19.5 Å². The molecule has 0 saturated heterocycles. The zero-order chi connectivity index (χ0) is 12.8. The van der Waals surface area contributed by atoms with E-state index in [1.165, 1.54) is 0 Å². The minimum absolute atomic E-state index is 0.0217. The van der Waals surface area contributed by atoms with E-state index in [1.54, 1.807) is 11.0 Å². The van der Waals surface area contributed by atoms with Crippen molar-refractivity contribution in [3.05, 3.63) is 29.6 Å². The number of rotatable bonds is 6. The van der Waals surface area contributed by atoms with Gasteiger partial charge in [-0.05, 0) is 13.8 Å². The molecule has 2 N–H and O–H groups in total. The van der Waals surface area contributed by atoms with Crippen molar-refractivity contribution in [2.45, 2.75) is 20.3 Å². The van der Waals surface area contributed by atoms with Gasteiger partial charge in [0, 0.05) is 24.3 Å². The van der Waals surface area contributed by atoms with Crippen LogP contribution < -0.4 is 0 Å². The molecule has 1 aromatic heterocycles. The van der Waals surface area contributed by atoms with Crippen molar-refractivity contribution in [1.82, 2.24) is 15.1 Å². The van der Waals surface area contributed by atoms with Gasteiger partial charge in [0.2, 0.25) is 5.91 Å². The van der Waals surface area contributed by atoms with Crippen molar-refractivity contribution in [3.8, 4) is 0 Å². The van der Waals surface area contributed by atoms with Crippen molar-refractivity contribution < 1.29 is 9.90 Å². The van der Waals surface area contributed by atoms with E-state index >= 15 is 0 Å². The number of aliphatic hydroxyl groups is 1. The maximum atomic E-state index is 12.0. The van der Waals surface area contributed by atoms with Gasteiger partial charge >= 0.3 is 0 Å². The molecule has 94 valence electrons. The standard InChI is InChI=1S/C12H19N3O2/c1-4-5-15(6-7-16)12(17)8-11-9(2)13-14-10(11)3/h4,16H,1,5-8H2,2-3H3,(H,13,14). The van der Waals surface area contributed by atoms with Crippen LogP contribution in [0, 0.1) is 13.8 Å². The summed E-state index contributed by atoms with van der Waals surface area (Å²) in [6.07, 6.45) is 1.96. The van der Waals surface area contributed by atoms with Gasteiger partial charge in [0.1, 0.15) is 0 Å². The highest BCUT2D eigenvalue weighted by Crippen LogP contribution is 2.11. The number of hydrogen-bond acceptors (Lipinski definition) is 3. The Labute approximate surface area is 101 Å². The summed E-state index contributed by atoms with van der Waals surface area (Å²) in [4.78, 5) is 13.6. The molecule has 0 aliphatic heterocycles. The second-order valence-corrected chi connectivity index (χ2v) is 3.94. The third-order valence-electron chi connectivity index (χ3n) is 2.68. The number of nitrogens with zero attached hydrogens (tertiary/aromatic N) is 2. The fourth-order valence-electron chi connectivity index (χ4n) is 1.69. The molecule has 0 aliphatic carbocycles. The molecule has 0 saturated carbocycles. The third kappa shape index (κ3) is 3.42. The van der Waals surface area contributed by atoms with E-state index in [4.69, 9.17) is 5.11 Å². The predicted octanol–water partition coefficient (Wildman–Crippen LogP) is 0.576. The van der Waals surface area contributed by atoms with Crippen LogP contribution in [0.25, 0.3) is 0 Å². The summed E-state index contributed by atoms with van der Waals surface area (Å²) >= 11 is 0. The van der Waals surface area contributed by atoms with Crippen molar-refractivity contribution in [1.29, 1.82) is 0 Å². The summed E-state index contributed by atoms with van der Waals surface area (Å²) in [5.41, 5.74) is 2.69. The summed E-state index contributed by atoms with van der Waals surface area (Å²) in [6, 6.07) is 0. The smallest absolute Gasteiger partial charge is 0.227 e. The van der Waals surface area contributed by atoms with Gasteiger partial charge in [-0.1, -0.05) is 6.08 Å².